The lowest BCUT2D eigenvalue weighted by molar-refractivity contribution is -0.384. The van der Waals surface area contributed by atoms with Crippen molar-refractivity contribution in [2.75, 3.05) is 0 Å². The maximum Gasteiger partial charge on any atom is 0.269 e. The van der Waals surface area contributed by atoms with Crippen molar-refractivity contribution in [1.29, 1.82) is 0 Å². The molecule has 1 unspecified atom stereocenters. The van der Waals surface area contributed by atoms with Crippen LogP contribution >= 0.6 is 8.58 Å². The summed E-state index contributed by atoms with van der Waals surface area (Å²) in [5.74, 6) is 0. The molecule has 0 bridgehead atoms. The molecule has 0 heterocycles. The molecule has 1 aromatic rings. The van der Waals surface area contributed by atoms with E-state index in [1.54, 1.807) is 12.1 Å². The van der Waals surface area contributed by atoms with Gasteiger partial charge in [0, 0.05) is 12.1 Å². The molecule has 4 heteroatoms. The highest BCUT2D eigenvalue weighted by molar-refractivity contribution is 7.51. The average molecular weight is 315 g/mol. The molecule has 0 N–H and O–H groups in total. The number of hydrogen-bond acceptors (Lipinski definition) is 2. The van der Waals surface area contributed by atoms with Crippen LogP contribution in [-0.2, 0) is 0 Å². The van der Waals surface area contributed by atoms with Gasteiger partial charge in [-0.1, -0.05) is 45.0 Å². The van der Waals surface area contributed by atoms with E-state index in [0.717, 1.165) is 24.6 Å². The summed E-state index contributed by atoms with van der Waals surface area (Å²) in [6.07, 6.45) is 15.3. The Morgan fingerprint density at radius 1 is 1.23 bits per heavy atom. The minimum atomic E-state index is -0.372. The molecule has 1 rings (SSSR count). The Hall–Kier alpha value is -1.99. The lowest BCUT2D eigenvalue weighted by Crippen LogP contribution is -1.96. The summed E-state index contributed by atoms with van der Waals surface area (Å²) in [4.78, 5) is 10.3. The molecule has 0 fully saturated rings. The molecule has 0 radical (unpaired) electrons. The second-order valence-electron chi connectivity index (χ2n) is 4.66. The molecule has 1 atom stereocenters. The molecule has 0 aromatic heterocycles. The number of nitro groups is 1. The van der Waals surface area contributed by atoms with Gasteiger partial charge in [-0.15, -0.1) is 6.58 Å². The minimum absolute atomic E-state index is 0.134. The highest BCUT2D eigenvalue weighted by Gasteiger charge is 2.04. The summed E-state index contributed by atoms with van der Waals surface area (Å²) in [5, 5.41) is 13.1. The molecule has 0 saturated heterocycles. The van der Waals surface area contributed by atoms with Crippen LogP contribution in [-0.4, -0.2) is 4.92 Å². The van der Waals surface area contributed by atoms with Crippen molar-refractivity contribution in [1.82, 2.24) is 0 Å². The third-order valence-electron chi connectivity index (χ3n) is 2.92. The van der Waals surface area contributed by atoms with Crippen LogP contribution in [0.3, 0.4) is 0 Å². The highest BCUT2D eigenvalue weighted by atomic mass is 31.1. The van der Waals surface area contributed by atoms with Crippen molar-refractivity contribution < 1.29 is 4.92 Å². The molecule has 1 aromatic carbocycles. The Labute approximate surface area is 134 Å². The van der Waals surface area contributed by atoms with Gasteiger partial charge in [-0.2, -0.15) is 0 Å². The lowest BCUT2D eigenvalue weighted by atomic mass is 10.2. The van der Waals surface area contributed by atoms with Crippen molar-refractivity contribution in [3.8, 4) is 0 Å². The van der Waals surface area contributed by atoms with Gasteiger partial charge >= 0.3 is 0 Å². The molecular weight excluding hydrogens is 293 g/mol. The largest absolute Gasteiger partial charge is 0.269 e. The number of benzene rings is 1. The highest BCUT2D eigenvalue weighted by Crippen LogP contribution is 2.27. The first kappa shape index (κ1) is 18.1. The van der Waals surface area contributed by atoms with E-state index < -0.39 is 0 Å². The van der Waals surface area contributed by atoms with E-state index in [2.05, 4.69) is 30.9 Å². The van der Waals surface area contributed by atoms with Gasteiger partial charge in [0.15, 0.2) is 0 Å². The van der Waals surface area contributed by atoms with Crippen molar-refractivity contribution in [3.05, 3.63) is 82.7 Å². The summed E-state index contributed by atoms with van der Waals surface area (Å²) in [6.45, 7) is 5.81. The molecule has 22 heavy (non-hydrogen) atoms. The lowest BCUT2D eigenvalue weighted by Gasteiger charge is -2.05. The first-order chi connectivity index (χ1) is 10.7. The number of hydrogen-bond donors (Lipinski definition) is 0. The van der Waals surface area contributed by atoms with Gasteiger partial charge in [0.25, 0.3) is 5.69 Å². The van der Waals surface area contributed by atoms with Crippen LogP contribution in [0.5, 0.6) is 0 Å². The normalized spacial score (nSPS) is 12.7. The SMILES string of the molecule is C=CC/C(=C\C/C=C\C/C=C\C)Pc1ccc([N+](=O)[O-])cc1. The number of non-ortho nitro benzene ring substituents is 1. The minimum Gasteiger partial charge on any atom is -0.258 e. The molecular formula is C18H22NO2P. The van der Waals surface area contributed by atoms with Crippen LogP contribution < -0.4 is 5.30 Å². The Morgan fingerprint density at radius 3 is 2.50 bits per heavy atom. The van der Waals surface area contributed by atoms with Gasteiger partial charge in [-0.25, -0.2) is 0 Å². The molecule has 0 spiro atoms. The smallest absolute Gasteiger partial charge is 0.258 e. The third-order valence-corrected chi connectivity index (χ3v) is 4.27. The van der Waals surface area contributed by atoms with Crippen LogP contribution in [0, 0.1) is 10.1 Å². The summed E-state index contributed by atoms with van der Waals surface area (Å²) in [7, 11) is 0.524. The van der Waals surface area contributed by atoms with Crippen molar-refractivity contribution in [2.24, 2.45) is 0 Å². The molecule has 0 saturated carbocycles. The Kier molecular flexibility index (Phi) is 8.78. The second-order valence-corrected chi connectivity index (χ2v) is 6.13. The van der Waals surface area contributed by atoms with Crippen molar-refractivity contribution in [2.45, 2.75) is 26.2 Å². The predicted molar refractivity (Wildman–Crippen MR) is 97.1 cm³/mol. The van der Waals surface area contributed by atoms with Crippen molar-refractivity contribution >= 4 is 19.6 Å². The fraction of sp³-hybridized carbons (Fsp3) is 0.222. The fourth-order valence-corrected chi connectivity index (χ4v) is 2.98. The number of nitrogens with zero attached hydrogens (tertiary/aromatic N) is 1. The second kappa shape index (κ2) is 10.7. The molecule has 116 valence electrons. The summed E-state index contributed by atoms with van der Waals surface area (Å²) < 4.78 is 0. The molecule has 0 aliphatic heterocycles. The van der Waals surface area contributed by atoms with Crippen molar-refractivity contribution in [3.63, 3.8) is 0 Å². The van der Waals surface area contributed by atoms with Gasteiger partial charge in [0.05, 0.1) is 4.92 Å². The van der Waals surface area contributed by atoms with E-state index in [4.69, 9.17) is 0 Å². The predicted octanol–water partition coefficient (Wildman–Crippen LogP) is 5.27. The maximum absolute atomic E-state index is 10.7. The fourth-order valence-electron chi connectivity index (χ4n) is 1.81. The van der Waals surface area contributed by atoms with Crippen LogP contribution in [0.1, 0.15) is 26.2 Å². The summed E-state index contributed by atoms with van der Waals surface area (Å²) >= 11 is 0. The van der Waals surface area contributed by atoms with Crippen LogP contribution in [0.4, 0.5) is 5.69 Å². The van der Waals surface area contributed by atoms with Gasteiger partial charge < -0.3 is 0 Å². The monoisotopic (exact) mass is 315 g/mol. The topological polar surface area (TPSA) is 43.1 Å². The Morgan fingerprint density at radius 2 is 1.91 bits per heavy atom. The first-order valence-corrected chi connectivity index (χ1v) is 8.25. The standard InChI is InChI=1S/C18H22NO2P/c1-3-5-6-7-8-9-11-17(10-4-2)22-18-14-12-16(13-15-18)19(20)21/h3-5,7-8,11-15,22H,2,6,9-10H2,1H3/b5-3-,8-7-,17-11+. The van der Waals surface area contributed by atoms with Crippen LogP contribution in [0.2, 0.25) is 0 Å². The number of rotatable bonds is 9. The van der Waals surface area contributed by atoms with E-state index >= 15 is 0 Å². The first-order valence-electron chi connectivity index (χ1n) is 7.25. The number of nitro benzene ring substituents is 1. The van der Waals surface area contributed by atoms with E-state index in [1.165, 1.54) is 5.31 Å². The molecule has 0 aliphatic carbocycles. The van der Waals surface area contributed by atoms with E-state index in [0.29, 0.717) is 8.58 Å². The number of allylic oxidation sites excluding steroid dienone is 7. The van der Waals surface area contributed by atoms with Gasteiger partial charge in [-0.05, 0) is 48.9 Å². The van der Waals surface area contributed by atoms with E-state index in [1.807, 2.05) is 31.2 Å². The average Bonchev–Trinajstić information content (AvgIpc) is 2.51. The van der Waals surface area contributed by atoms with Crippen LogP contribution in [0.15, 0.2) is 72.6 Å². The van der Waals surface area contributed by atoms with Gasteiger partial charge in [0.2, 0.25) is 0 Å². The molecule has 0 aliphatic rings. The Bertz CT molecular complexity index is 571. The zero-order valence-corrected chi connectivity index (χ0v) is 13.9. The third kappa shape index (κ3) is 7.14. The summed E-state index contributed by atoms with van der Waals surface area (Å²) in [6, 6.07) is 6.78. The zero-order chi connectivity index (χ0) is 16.2. The van der Waals surface area contributed by atoms with Gasteiger partial charge in [0.1, 0.15) is 0 Å². The van der Waals surface area contributed by atoms with E-state index in [-0.39, 0.29) is 10.6 Å². The molecule has 3 nitrogen and oxygen atoms in total. The summed E-state index contributed by atoms with van der Waals surface area (Å²) in [5.41, 5.74) is 0.134. The van der Waals surface area contributed by atoms with E-state index in [9.17, 15) is 10.1 Å². The van der Waals surface area contributed by atoms with Gasteiger partial charge in [-0.3, -0.25) is 10.1 Å². The van der Waals surface area contributed by atoms with Crippen LogP contribution in [0.25, 0.3) is 0 Å². The Balaban J connectivity index is 2.64. The zero-order valence-electron chi connectivity index (χ0n) is 12.9. The quantitative estimate of drug-likeness (QED) is 0.269. The maximum atomic E-state index is 10.7. The molecule has 0 amide bonds.